The number of rotatable bonds is 4. The van der Waals surface area contributed by atoms with Crippen LogP contribution in [-0.2, 0) is 0 Å². The SMILES string of the molecule is Cc1ccc(C(C)Nc2ccc(C(=O)N(C)C)nn2)o1. The Morgan fingerprint density at radius 2 is 2.00 bits per heavy atom. The number of carbonyl (C=O) groups is 1. The first kappa shape index (κ1) is 14.0. The molecule has 20 heavy (non-hydrogen) atoms. The first-order chi connectivity index (χ1) is 9.47. The third kappa shape index (κ3) is 3.14. The summed E-state index contributed by atoms with van der Waals surface area (Å²) in [6.07, 6.45) is 0. The van der Waals surface area contributed by atoms with Crippen molar-refractivity contribution < 1.29 is 9.21 Å². The first-order valence-corrected chi connectivity index (χ1v) is 6.35. The lowest BCUT2D eigenvalue weighted by Crippen LogP contribution is -2.23. The molecule has 0 saturated carbocycles. The van der Waals surface area contributed by atoms with E-state index in [1.165, 1.54) is 4.90 Å². The summed E-state index contributed by atoms with van der Waals surface area (Å²) in [6.45, 7) is 3.87. The molecule has 2 aromatic rings. The highest BCUT2D eigenvalue weighted by molar-refractivity contribution is 5.91. The van der Waals surface area contributed by atoms with Gasteiger partial charge in [0.15, 0.2) is 5.69 Å². The number of anilines is 1. The summed E-state index contributed by atoms with van der Waals surface area (Å²) in [5.41, 5.74) is 0.321. The smallest absolute Gasteiger partial charge is 0.273 e. The maximum absolute atomic E-state index is 11.7. The van der Waals surface area contributed by atoms with Crippen molar-refractivity contribution in [2.75, 3.05) is 19.4 Å². The molecule has 0 aromatic carbocycles. The summed E-state index contributed by atoms with van der Waals surface area (Å²) in [4.78, 5) is 13.2. The molecular formula is C14H18N4O2. The second-order valence-corrected chi connectivity index (χ2v) is 4.82. The van der Waals surface area contributed by atoms with Crippen molar-refractivity contribution >= 4 is 11.7 Å². The van der Waals surface area contributed by atoms with Gasteiger partial charge in [0.2, 0.25) is 0 Å². The molecule has 1 amide bonds. The second-order valence-electron chi connectivity index (χ2n) is 4.82. The molecule has 0 aliphatic carbocycles. The third-order valence-corrected chi connectivity index (χ3v) is 2.84. The Labute approximate surface area is 117 Å². The average Bonchev–Trinajstić information content (AvgIpc) is 2.85. The Hall–Kier alpha value is -2.37. The molecule has 0 radical (unpaired) electrons. The largest absolute Gasteiger partial charge is 0.464 e. The van der Waals surface area contributed by atoms with Crippen LogP contribution in [0.4, 0.5) is 5.82 Å². The van der Waals surface area contributed by atoms with Gasteiger partial charge in [-0.25, -0.2) is 0 Å². The number of amides is 1. The number of nitrogens with zero attached hydrogens (tertiary/aromatic N) is 3. The van der Waals surface area contributed by atoms with Crippen LogP contribution in [0.2, 0.25) is 0 Å². The molecule has 0 fully saturated rings. The minimum Gasteiger partial charge on any atom is -0.464 e. The summed E-state index contributed by atoms with van der Waals surface area (Å²) in [5, 5.41) is 11.1. The molecule has 0 aliphatic rings. The highest BCUT2D eigenvalue weighted by Crippen LogP contribution is 2.19. The number of aryl methyl sites for hydroxylation is 1. The minimum absolute atomic E-state index is 0.0200. The highest BCUT2D eigenvalue weighted by atomic mass is 16.3. The predicted molar refractivity (Wildman–Crippen MR) is 75.5 cm³/mol. The van der Waals surface area contributed by atoms with E-state index in [4.69, 9.17) is 4.42 Å². The summed E-state index contributed by atoms with van der Waals surface area (Å²) < 4.78 is 5.54. The van der Waals surface area contributed by atoms with Gasteiger partial charge in [-0.1, -0.05) is 0 Å². The van der Waals surface area contributed by atoms with Gasteiger partial charge < -0.3 is 14.6 Å². The van der Waals surface area contributed by atoms with Crippen molar-refractivity contribution in [3.63, 3.8) is 0 Å². The van der Waals surface area contributed by atoms with Crippen LogP contribution < -0.4 is 5.32 Å². The Morgan fingerprint density at radius 1 is 1.25 bits per heavy atom. The Kier molecular flexibility index (Phi) is 4.02. The molecule has 2 rings (SSSR count). The molecule has 0 aliphatic heterocycles. The van der Waals surface area contributed by atoms with Gasteiger partial charge in [0, 0.05) is 14.1 Å². The molecule has 1 unspecified atom stereocenters. The zero-order valence-electron chi connectivity index (χ0n) is 12.0. The van der Waals surface area contributed by atoms with E-state index in [-0.39, 0.29) is 11.9 Å². The molecule has 0 saturated heterocycles. The van der Waals surface area contributed by atoms with Crippen molar-refractivity contribution in [2.24, 2.45) is 0 Å². The zero-order chi connectivity index (χ0) is 14.7. The standard InChI is InChI=1S/C14H18N4O2/c1-9-5-7-12(20-9)10(2)15-13-8-6-11(16-17-13)14(19)18(3)4/h5-8,10H,1-4H3,(H,15,17). The van der Waals surface area contributed by atoms with E-state index < -0.39 is 0 Å². The van der Waals surface area contributed by atoms with E-state index in [2.05, 4.69) is 15.5 Å². The van der Waals surface area contributed by atoms with Gasteiger partial charge in [0.1, 0.15) is 17.3 Å². The van der Waals surface area contributed by atoms with Crippen LogP contribution in [0.15, 0.2) is 28.7 Å². The normalized spacial score (nSPS) is 12.0. The van der Waals surface area contributed by atoms with Crippen LogP contribution >= 0.6 is 0 Å². The molecule has 1 N–H and O–H groups in total. The van der Waals surface area contributed by atoms with Gasteiger partial charge in [-0.15, -0.1) is 10.2 Å². The Bertz CT molecular complexity index is 589. The van der Waals surface area contributed by atoms with Gasteiger partial charge in [-0.05, 0) is 38.1 Å². The molecule has 6 nitrogen and oxygen atoms in total. The number of nitrogens with one attached hydrogen (secondary N) is 1. The lowest BCUT2D eigenvalue weighted by Gasteiger charge is -2.12. The van der Waals surface area contributed by atoms with Gasteiger partial charge >= 0.3 is 0 Å². The van der Waals surface area contributed by atoms with Gasteiger partial charge in [0.05, 0.1) is 6.04 Å². The summed E-state index contributed by atoms with van der Waals surface area (Å²) in [5.74, 6) is 2.13. The van der Waals surface area contributed by atoms with Crippen LogP contribution in [0.25, 0.3) is 0 Å². The summed E-state index contributed by atoms with van der Waals surface area (Å²) in [7, 11) is 3.36. The first-order valence-electron chi connectivity index (χ1n) is 6.35. The molecule has 2 aromatic heterocycles. The van der Waals surface area contributed by atoms with E-state index in [0.29, 0.717) is 11.5 Å². The monoisotopic (exact) mass is 274 g/mol. The van der Waals surface area contributed by atoms with E-state index >= 15 is 0 Å². The van der Waals surface area contributed by atoms with Crippen molar-refractivity contribution in [1.82, 2.24) is 15.1 Å². The quantitative estimate of drug-likeness (QED) is 0.925. The van der Waals surface area contributed by atoms with E-state index in [0.717, 1.165) is 11.5 Å². The Balaban J connectivity index is 2.05. The van der Waals surface area contributed by atoms with Crippen molar-refractivity contribution in [2.45, 2.75) is 19.9 Å². The third-order valence-electron chi connectivity index (χ3n) is 2.84. The zero-order valence-corrected chi connectivity index (χ0v) is 12.0. The predicted octanol–water partition coefficient (Wildman–Crippen LogP) is 2.25. The van der Waals surface area contributed by atoms with Gasteiger partial charge in [0.25, 0.3) is 5.91 Å². The lowest BCUT2D eigenvalue weighted by atomic mass is 10.2. The van der Waals surface area contributed by atoms with Gasteiger partial charge in [-0.3, -0.25) is 4.79 Å². The molecule has 0 spiro atoms. The fraction of sp³-hybridized carbons (Fsp3) is 0.357. The Morgan fingerprint density at radius 3 is 2.50 bits per heavy atom. The summed E-state index contributed by atoms with van der Waals surface area (Å²) >= 11 is 0. The van der Waals surface area contributed by atoms with Crippen LogP contribution in [0.5, 0.6) is 0 Å². The summed E-state index contributed by atoms with van der Waals surface area (Å²) in [6, 6.07) is 7.20. The number of carbonyl (C=O) groups excluding carboxylic acids is 1. The number of hydrogen-bond donors (Lipinski definition) is 1. The topological polar surface area (TPSA) is 71.3 Å². The number of aromatic nitrogens is 2. The molecular weight excluding hydrogens is 256 g/mol. The van der Waals surface area contributed by atoms with E-state index in [9.17, 15) is 4.79 Å². The molecule has 6 heteroatoms. The van der Waals surface area contributed by atoms with E-state index in [1.54, 1.807) is 26.2 Å². The maximum Gasteiger partial charge on any atom is 0.273 e. The van der Waals surface area contributed by atoms with Crippen LogP contribution in [0, 0.1) is 6.92 Å². The molecule has 1 atom stereocenters. The maximum atomic E-state index is 11.7. The number of hydrogen-bond acceptors (Lipinski definition) is 5. The van der Waals surface area contributed by atoms with Crippen molar-refractivity contribution in [1.29, 1.82) is 0 Å². The van der Waals surface area contributed by atoms with E-state index in [1.807, 2.05) is 26.0 Å². The average molecular weight is 274 g/mol. The second kappa shape index (κ2) is 5.73. The fourth-order valence-electron chi connectivity index (χ4n) is 1.73. The van der Waals surface area contributed by atoms with Crippen LogP contribution in [0.1, 0.15) is 35.0 Å². The molecule has 0 bridgehead atoms. The molecule has 106 valence electrons. The molecule has 2 heterocycles. The lowest BCUT2D eigenvalue weighted by molar-refractivity contribution is 0.0821. The fourth-order valence-corrected chi connectivity index (χ4v) is 1.73. The number of furan rings is 1. The minimum atomic E-state index is -0.168. The van der Waals surface area contributed by atoms with Crippen LogP contribution in [0.3, 0.4) is 0 Å². The van der Waals surface area contributed by atoms with Gasteiger partial charge in [-0.2, -0.15) is 0 Å². The van der Waals surface area contributed by atoms with Crippen molar-refractivity contribution in [3.8, 4) is 0 Å². The highest BCUT2D eigenvalue weighted by Gasteiger charge is 2.12. The van der Waals surface area contributed by atoms with Crippen molar-refractivity contribution in [3.05, 3.63) is 41.5 Å². The van der Waals surface area contributed by atoms with Crippen LogP contribution in [-0.4, -0.2) is 35.1 Å².